The first-order chi connectivity index (χ1) is 19.3. The maximum atomic E-state index is 12.1. The fourth-order valence-electron chi connectivity index (χ4n) is 6.13. The average molecular weight is 556 g/mol. The number of carboxylic acid groups (broad SMARTS) is 1. The summed E-state index contributed by atoms with van der Waals surface area (Å²) in [5, 5.41) is 21.7. The van der Waals surface area contributed by atoms with Crippen LogP contribution in [-0.2, 0) is 24.9 Å². The van der Waals surface area contributed by atoms with Crippen molar-refractivity contribution < 1.29 is 14.6 Å². The lowest BCUT2D eigenvalue weighted by atomic mass is 9.84. The molecule has 2 N–H and O–H groups in total. The van der Waals surface area contributed by atoms with Crippen LogP contribution in [0.25, 0.3) is 21.1 Å². The highest BCUT2D eigenvalue weighted by molar-refractivity contribution is 7.17. The van der Waals surface area contributed by atoms with Gasteiger partial charge in [-0.2, -0.15) is 0 Å². The van der Waals surface area contributed by atoms with Crippen LogP contribution in [0.4, 0.5) is 0 Å². The van der Waals surface area contributed by atoms with Crippen LogP contribution >= 0.6 is 11.3 Å². The van der Waals surface area contributed by atoms with E-state index in [0.717, 1.165) is 58.1 Å². The molecule has 2 aromatic carbocycles. The molecule has 204 valence electrons. The van der Waals surface area contributed by atoms with Gasteiger partial charge in [0.2, 0.25) is 0 Å². The lowest BCUT2D eigenvalue weighted by molar-refractivity contribution is -0.137. The average Bonchev–Trinajstić information content (AvgIpc) is 3.34. The summed E-state index contributed by atoms with van der Waals surface area (Å²) in [6.07, 6.45) is 3.67. The van der Waals surface area contributed by atoms with E-state index >= 15 is 0 Å². The van der Waals surface area contributed by atoms with Crippen LogP contribution in [0.2, 0.25) is 0 Å². The number of nitrogens with one attached hydrogen (secondary N) is 1. The van der Waals surface area contributed by atoms with E-state index in [4.69, 9.17) is 4.74 Å². The Morgan fingerprint density at radius 2 is 2.10 bits per heavy atom. The second-order valence-corrected chi connectivity index (χ2v) is 12.1. The van der Waals surface area contributed by atoms with Crippen LogP contribution in [-0.4, -0.2) is 48.1 Å². The summed E-state index contributed by atoms with van der Waals surface area (Å²) >= 11 is 1.71. The lowest BCUT2D eigenvalue weighted by Gasteiger charge is -2.25. The summed E-state index contributed by atoms with van der Waals surface area (Å²) in [6.45, 7) is 4.12. The Balaban J connectivity index is 1.30. The summed E-state index contributed by atoms with van der Waals surface area (Å²) in [5.41, 5.74) is 6.33. The van der Waals surface area contributed by atoms with Crippen molar-refractivity contribution in [3.8, 4) is 5.75 Å². The van der Waals surface area contributed by atoms with Crippen molar-refractivity contribution in [2.75, 3.05) is 6.54 Å². The molecule has 0 saturated heterocycles. The molecule has 0 amide bonds. The van der Waals surface area contributed by atoms with Gasteiger partial charge in [0.15, 0.2) is 0 Å². The van der Waals surface area contributed by atoms with Gasteiger partial charge in [0.05, 0.1) is 11.9 Å². The number of hydrogen-bond donors (Lipinski definition) is 2. The first-order valence-corrected chi connectivity index (χ1v) is 14.3. The SMILES string of the molecule is Cc1c(C(CC(=O)O)c2cc(CN3Cc4c[nH]c(=O)cc4OC4(CC4)C3)c3sccc3c2)ccc2c1nnn2C. The number of aliphatic carboxylic acids is 1. The molecule has 2 aliphatic rings. The Morgan fingerprint density at radius 1 is 1.25 bits per heavy atom. The van der Waals surface area contributed by atoms with Gasteiger partial charge in [-0.1, -0.05) is 17.3 Å². The van der Waals surface area contributed by atoms with Gasteiger partial charge in [0.1, 0.15) is 16.9 Å². The van der Waals surface area contributed by atoms with Crippen molar-refractivity contribution in [1.29, 1.82) is 0 Å². The topological polar surface area (TPSA) is 113 Å². The van der Waals surface area contributed by atoms with Crippen molar-refractivity contribution in [1.82, 2.24) is 24.9 Å². The number of rotatable bonds is 6. The molecule has 1 unspecified atom stereocenters. The second-order valence-electron chi connectivity index (χ2n) is 11.1. The van der Waals surface area contributed by atoms with Gasteiger partial charge < -0.3 is 14.8 Å². The molecular formula is C30H29N5O4S. The quantitative estimate of drug-likeness (QED) is 0.312. The Morgan fingerprint density at radius 3 is 2.90 bits per heavy atom. The molecule has 3 aromatic heterocycles. The summed E-state index contributed by atoms with van der Waals surface area (Å²) in [5.74, 6) is -0.503. The first kappa shape index (κ1) is 25.0. The summed E-state index contributed by atoms with van der Waals surface area (Å²) in [7, 11) is 1.86. The van der Waals surface area contributed by atoms with E-state index in [-0.39, 0.29) is 23.5 Å². The number of pyridine rings is 1. The molecule has 9 nitrogen and oxygen atoms in total. The number of aryl methyl sites for hydroxylation is 2. The number of aromatic amines is 1. The standard InChI is InChI=1S/C30H29N5O4S/c1-17-22(3-4-24-28(17)32-33-34(24)2)23(11-27(37)38)19-9-18-5-8-40-29(18)20(10-19)14-35-15-21-13-31-26(36)12-25(21)39-30(16-35)6-7-30/h3-5,8-10,12-13,23H,6-7,11,14-16H2,1-2H3,(H,31,36)(H,37,38). The van der Waals surface area contributed by atoms with Gasteiger partial charge in [-0.05, 0) is 71.0 Å². The Hall–Kier alpha value is -4.02. The number of benzene rings is 2. The van der Waals surface area contributed by atoms with Crippen LogP contribution < -0.4 is 10.3 Å². The number of thiophene rings is 1. The molecule has 1 aliphatic carbocycles. The Labute approximate surface area is 234 Å². The van der Waals surface area contributed by atoms with Gasteiger partial charge in [-0.25, -0.2) is 4.68 Å². The fourth-order valence-corrected chi connectivity index (χ4v) is 7.02. The number of H-pyrrole nitrogens is 1. The Kier molecular flexibility index (Phi) is 5.79. The number of ether oxygens (including phenoxy) is 1. The molecule has 0 radical (unpaired) electrons. The van der Waals surface area contributed by atoms with Gasteiger partial charge in [0, 0.05) is 55.1 Å². The third-order valence-corrected chi connectivity index (χ3v) is 9.29. The van der Waals surface area contributed by atoms with Crippen LogP contribution in [0.15, 0.2) is 52.8 Å². The molecule has 1 saturated carbocycles. The first-order valence-electron chi connectivity index (χ1n) is 13.4. The number of carboxylic acids is 1. The molecule has 1 atom stereocenters. The largest absolute Gasteiger partial charge is 0.485 e. The molecular weight excluding hydrogens is 526 g/mol. The second kappa shape index (κ2) is 9.28. The minimum absolute atomic E-state index is 0.0247. The highest BCUT2D eigenvalue weighted by atomic mass is 32.1. The number of fused-ring (bicyclic) bond motifs is 3. The predicted octanol–water partition coefficient (Wildman–Crippen LogP) is 4.71. The molecule has 40 heavy (non-hydrogen) atoms. The number of carbonyl (C=O) groups is 1. The molecule has 1 aliphatic heterocycles. The van der Waals surface area contributed by atoms with Gasteiger partial charge in [-0.15, -0.1) is 16.4 Å². The van der Waals surface area contributed by atoms with Crippen molar-refractivity contribution in [3.05, 3.63) is 86.1 Å². The highest BCUT2D eigenvalue weighted by Gasteiger charge is 2.48. The molecule has 1 fully saturated rings. The van der Waals surface area contributed by atoms with Crippen molar-refractivity contribution in [3.63, 3.8) is 0 Å². The van der Waals surface area contributed by atoms with Crippen molar-refractivity contribution in [2.45, 2.75) is 50.8 Å². The molecule has 1 spiro atoms. The van der Waals surface area contributed by atoms with E-state index in [2.05, 4.69) is 43.8 Å². The normalized spacial score (nSPS) is 17.1. The minimum atomic E-state index is -0.846. The number of nitrogens with zero attached hydrogens (tertiary/aromatic N) is 4. The van der Waals surface area contributed by atoms with Crippen LogP contribution in [0.1, 0.15) is 53.0 Å². The third kappa shape index (κ3) is 4.37. The summed E-state index contributed by atoms with van der Waals surface area (Å²) < 4.78 is 9.29. The third-order valence-electron chi connectivity index (χ3n) is 8.29. The molecule has 7 rings (SSSR count). The molecule has 10 heteroatoms. The van der Waals surface area contributed by atoms with Crippen LogP contribution in [0.5, 0.6) is 5.75 Å². The number of aromatic nitrogens is 4. The van der Waals surface area contributed by atoms with Gasteiger partial charge >= 0.3 is 5.97 Å². The maximum absolute atomic E-state index is 12.1. The Bertz CT molecular complexity index is 1850. The highest BCUT2D eigenvalue weighted by Crippen LogP contribution is 2.45. The van der Waals surface area contributed by atoms with Gasteiger partial charge in [0.25, 0.3) is 5.56 Å². The van der Waals surface area contributed by atoms with E-state index in [1.807, 2.05) is 26.1 Å². The number of hydrogen-bond acceptors (Lipinski definition) is 7. The molecule has 0 bridgehead atoms. The van der Waals surface area contributed by atoms with Crippen molar-refractivity contribution in [2.24, 2.45) is 7.05 Å². The van der Waals surface area contributed by atoms with E-state index < -0.39 is 5.97 Å². The zero-order chi connectivity index (χ0) is 27.6. The zero-order valence-corrected chi connectivity index (χ0v) is 23.1. The predicted molar refractivity (Wildman–Crippen MR) is 153 cm³/mol. The molecule has 5 aromatic rings. The summed E-state index contributed by atoms with van der Waals surface area (Å²) in [6, 6.07) is 12.0. The zero-order valence-electron chi connectivity index (χ0n) is 22.3. The minimum Gasteiger partial charge on any atom is -0.485 e. The van der Waals surface area contributed by atoms with Gasteiger partial charge in [-0.3, -0.25) is 14.5 Å². The maximum Gasteiger partial charge on any atom is 0.304 e. The monoisotopic (exact) mass is 555 g/mol. The van der Waals surface area contributed by atoms with Crippen molar-refractivity contribution >= 4 is 38.4 Å². The van der Waals surface area contributed by atoms with E-state index in [0.29, 0.717) is 18.8 Å². The van der Waals surface area contributed by atoms with Crippen LogP contribution in [0.3, 0.4) is 0 Å². The molecule has 4 heterocycles. The smallest absolute Gasteiger partial charge is 0.304 e. The van der Waals surface area contributed by atoms with E-state index in [1.54, 1.807) is 28.3 Å². The lowest BCUT2D eigenvalue weighted by Crippen LogP contribution is -2.34. The van der Waals surface area contributed by atoms with E-state index in [9.17, 15) is 14.7 Å². The summed E-state index contributed by atoms with van der Waals surface area (Å²) in [4.78, 5) is 29.3. The van der Waals surface area contributed by atoms with Crippen LogP contribution in [0, 0.1) is 6.92 Å². The fraction of sp³-hybridized carbons (Fsp3) is 0.333. The van der Waals surface area contributed by atoms with E-state index in [1.165, 1.54) is 10.3 Å².